The third-order valence-electron chi connectivity index (χ3n) is 4.21. The molecule has 0 spiro atoms. The molecule has 0 amide bonds. The van der Waals surface area contributed by atoms with Gasteiger partial charge in [0.1, 0.15) is 0 Å². The summed E-state index contributed by atoms with van der Waals surface area (Å²) in [6.45, 7) is 2.69. The number of rotatable bonds is 4. The lowest BCUT2D eigenvalue weighted by molar-refractivity contribution is -0.127. The molecule has 1 aliphatic heterocycles. The van der Waals surface area contributed by atoms with Crippen LogP contribution in [0.4, 0.5) is 13.2 Å². The molecule has 9 heteroatoms. The number of hydrogen-bond acceptors (Lipinski definition) is 3. The zero-order valence-corrected chi connectivity index (χ0v) is 14.9. The number of halogens is 4. The molecular weight excluding hydrogens is 365 g/mol. The van der Waals surface area contributed by atoms with Crippen molar-refractivity contribution in [3.63, 3.8) is 0 Å². The lowest BCUT2D eigenvalue weighted by Gasteiger charge is -2.32. The van der Waals surface area contributed by atoms with Crippen molar-refractivity contribution in [2.45, 2.75) is 43.3 Å². The Morgan fingerprint density at radius 1 is 1.21 bits per heavy atom. The zero-order chi connectivity index (χ0) is 17.3. The van der Waals surface area contributed by atoms with Gasteiger partial charge in [0, 0.05) is 19.1 Å². The standard InChI is InChI=1S/C15H21F3N2O2S.ClH/c1-11(19)13-6-8-20(9-7-13)23(21,22)14-4-2-12(3-5-14)10-15(16,17)18;/h2-5,11,13H,6-10,19H2,1H3;1H. The predicted molar refractivity (Wildman–Crippen MR) is 88.6 cm³/mol. The smallest absolute Gasteiger partial charge is 0.328 e. The van der Waals surface area contributed by atoms with Gasteiger partial charge in [-0.3, -0.25) is 0 Å². The molecule has 24 heavy (non-hydrogen) atoms. The molecule has 1 fully saturated rings. The van der Waals surface area contributed by atoms with Gasteiger partial charge in [0.25, 0.3) is 0 Å². The van der Waals surface area contributed by atoms with E-state index in [4.69, 9.17) is 5.73 Å². The predicted octanol–water partition coefficient (Wildman–Crippen LogP) is 2.96. The molecule has 1 aliphatic rings. The highest BCUT2D eigenvalue weighted by Crippen LogP contribution is 2.26. The number of benzene rings is 1. The van der Waals surface area contributed by atoms with Crippen LogP contribution in [0, 0.1) is 5.92 Å². The summed E-state index contributed by atoms with van der Waals surface area (Å²) in [7, 11) is -3.66. The topological polar surface area (TPSA) is 63.4 Å². The Bertz CT molecular complexity index is 625. The molecule has 138 valence electrons. The van der Waals surface area contributed by atoms with E-state index in [0.29, 0.717) is 31.8 Å². The van der Waals surface area contributed by atoms with Crippen molar-refractivity contribution in [2.75, 3.05) is 13.1 Å². The van der Waals surface area contributed by atoms with E-state index in [2.05, 4.69) is 0 Å². The van der Waals surface area contributed by atoms with Gasteiger partial charge in [-0.2, -0.15) is 17.5 Å². The second kappa shape index (κ2) is 8.03. The van der Waals surface area contributed by atoms with E-state index in [1.54, 1.807) is 0 Å². The minimum atomic E-state index is -4.30. The van der Waals surface area contributed by atoms with E-state index in [9.17, 15) is 21.6 Å². The maximum absolute atomic E-state index is 12.5. The van der Waals surface area contributed by atoms with Crippen LogP contribution in [0.1, 0.15) is 25.3 Å². The van der Waals surface area contributed by atoms with Gasteiger partial charge in [0.05, 0.1) is 11.3 Å². The highest BCUT2D eigenvalue weighted by atomic mass is 35.5. The van der Waals surface area contributed by atoms with Crippen LogP contribution in [0.3, 0.4) is 0 Å². The Labute approximate surface area is 146 Å². The molecule has 1 unspecified atom stereocenters. The average Bonchev–Trinajstić information content (AvgIpc) is 2.46. The van der Waals surface area contributed by atoms with E-state index in [1.807, 2.05) is 6.92 Å². The van der Waals surface area contributed by atoms with E-state index in [1.165, 1.54) is 28.6 Å². The number of hydrogen-bond donors (Lipinski definition) is 1. The van der Waals surface area contributed by atoms with Gasteiger partial charge in [-0.25, -0.2) is 8.42 Å². The fourth-order valence-corrected chi connectivity index (χ4v) is 4.27. The highest BCUT2D eigenvalue weighted by molar-refractivity contribution is 7.89. The summed E-state index contributed by atoms with van der Waals surface area (Å²) in [6.07, 6.45) is -3.97. The monoisotopic (exact) mass is 386 g/mol. The maximum atomic E-state index is 12.5. The summed E-state index contributed by atoms with van der Waals surface area (Å²) >= 11 is 0. The van der Waals surface area contributed by atoms with E-state index in [-0.39, 0.29) is 28.9 Å². The molecule has 1 aromatic rings. The molecule has 1 atom stereocenters. The summed E-state index contributed by atoms with van der Waals surface area (Å²) in [5, 5.41) is 0. The summed E-state index contributed by atoms with van der Waals surface area (Å²) in [5.74, 6) is 0.301. The van der Waals surface area contributed by atoms with Crippen LogP contribution in [-0.4, -0.2) is 38.0 Å². The van der Waals surface area contributed by atoms with Crippen LogP contribution in [-0.2, 0) is 16.4 Å². The largest absolute Gasteiger partial charge is 0.393 e. The normalized spacial score (nSPS) is 18.9. The molecule has 1 aromatic carbocycles. The van der Waals surface area contributed by atoms with Gasteiger partial charge in [0.2, 0.25) is 10.0 Å². The second-order valence-corrected chi connectivity index (χ2v) is 7.97. The number of alkyl halides is 3. The van der Waals surface area contributed by atoms with Gasteiger partial charge in [-0.15, -0.1) is 12.4 Å². The highest BCUT2D eigenvalue weighted by Gasteiger charge is 2.31. The van der Waals surface area contributed by atoms with Crippen molar-refractivity contribution in [3.8, 4) is 0 Å². The van der Waals surface area contributed by atoms with Crippen molar-refractivity contribution >= 4 is 22.4 Å². The van der Waals surface area contributed by atoms with Crippen LogP contribution in [0.5, 0.6) is 0 Å². The molecule has 2 N–H and O–H groups in total. The average molecular weight is 387 g/mol. The fourth-order valence-electron chi connectivity index (χ4n) is 2.80. The van der Waals surface area contributed by atoms with Crippen LogP contribution in [0.2, 0.25) is 0 Å². The molecule has 1 saturated heterocycles. The van der Waals surface area contributed by atoms with Crippen LogP contribution in [0.25, 0.3) is 0 Å². The lowest BCUT2D eigenvalue weighted by Crippen LogP contribution is -2.42. The Morgan fingerprint density at radius 2 is 1.71 bits per heavy atom. The Morgan fingerprint density at radius 3 is 2.12 bits per heavy atom. The number of nitrogens with two attached hydrogens (primary N) is 1. The van der Waals surface area contributed by atoms with E-state index in [0.717, 1.165) is 0 Å². The third-order valence-corrected chi connectivity index (χ3v) is 6.12. The van der Waals surface area contributed by atoms with Gasteiger partial charge >= 0.3 is 6.18 Å². The first-order valence-corrected chi connectivity index (χ1v) is 8.95. The zero-order valence-electron chi connectivity index (χ0n) is 13.3. The van der Waals surface area contributed by atoms with Crippen molar-refractivity contribution in [1.82, 2.24) is 4.31 Å². The molecule has 0 radical (unpaired) electrons. The summed E-state index contributed by atoms with van der Waals surface area (Å²) in [6, 6.07) is 4.95. The minimum Gasteiger partial charge on any atom is -0.328 e. The lowest BCUT2D eigenvalue weighted by atomic mass is 9.92. The SMILES string of the molecule is CC(N)C1CCN(S(=O)(=O)c2ccc(CC(F)(F)F)cc2)CC1.Cl. The molecule has 0 bridgehead atoms. The molecule has 4 nitrogen and oxygen atoms in total. The summed E-state index contributed by atoms with van der Waals surface area (Å²) in [5.41, 5.74) is 5.89. The maximum Gasteiger partial charge on any atom is 0.393 e. The van der Waals surface area contributed by atoms with Crippen molar-refractivity contribution in [2.24, 2.45) is 11.7 Å². The van der Waals surface area contributed by atoms with Crippen LogP contribution < -0.4 is 5.73 Å². The quantitative estimate of drug-likeness (QED) is 0.865. The molecule has 2 rings (SSSR count). The molecule has 0 aromatic heterocycles. The van der Waals surface area contributed by atoms with Crippen LogP contribution >= 0.6 is 12.4 Å². The first-order chi connectivity index (χ1) is 10.6. The van der Waals surface area contributed by atoms with Gasteiger partial charge in [-0.1, -0.05) is 12.1 Å². The first kappa shape index (κ1) is 21.2. The molecule has 0 aliphatic carbocycles. The fraction of sp³-hybridized carbons (Fsp3) is 0.600. The Kier molecular flexibility index (Phi) is 7.10. The van der Waals surface area contributed by atoms with Crippen molar-refractivity contribution < 1.29 is 21.6 Å². The van der Waals surface area contributed by atoms with Crippen molar-refractivity contribution in [1.29, 1.82) is 0 Å². The van der Waals surface area contributed by atoms with Gasteiger partial charge < -0.3 is 5.73 Å². The molecule has 1 heterocycles. The second-order valence-electron chi connectivity index (χ2n) is 6.04. The van der Waals surface area contributed by atoms with Crippen molar-refractivity contribution in [3.05, 3.63) is 29.8 Å². The Hall–Kier alpha value is -0.830. The van der Waals surface area contributed by atoms with Crippen LogP contribution in [0.15, 0.2) is 29.2 Å². The Balaban J connectivity index is 0.00000288. The minimum absolute atomic E-state index is 0. The van der Waals surface area contributed by atoms with Gasteiger partial charge in [0.15, 0.2) is 0 Å². The molecular formula is C15H22ClF3N2O2S. The number of nitrogens with zero attached hydrogens (tertiary/aromatic N) is 1. The number of sulfonamides is 1. The third kappa shape index (κ3) is 5.34. The summed E-state index contributed by atoms with van der Waals surface area (Å²) < 4.78 is 63.4. The molecule has 0 saturated carbocycles. The first-order valence-electron chi connectivity index (χ1n) is 7.51. The van der Waals surface area contributed by atoms with Gasteiger partial charge in [-0.05, 0) is 43.4 Å². The van der Waals surface area contributed by atoms with E-state index >= 15 is 0 Å². The van der Waals surface area contributed by atoms with E-state index < -0.39 is 22.6 Å². The summed E-state index contributed by atoms with van der Waals surface area (Å²) in [4.78, 5) is 0.0303. The number of piperidine rings is 1.